The van der Waals surface area contributed by atoms with E-state index in [0.717, 1.165) is 11.1 Å². The number of rotatable bonds is 2. The Bertz CT molecular complexity index is 1460. The summed E-state index contributed by atoms with van der Waals surface area (Å²) < 4.78 is 11.1. The Labute approximate surface area is 195 Å². The highest BCUT2D eigenvalue weighted by molar-refractivity contribution is 6.88. The lowest BCUT2D eigenvalue weighted by Crippen LogP contribution is -2.38. The van der Waals surface area contributed by atoms with Crippen molar-refractivity contribution in [2.45, 2.75) is 52.8 Å². The molecular formula is C30H34NSi+. The third-order valence-corrected chi connectivity index (χ3v) is 9.52. The van der Waals surface area contributed by atoms with Crippen LogP contribution in [0.1, 0.15) is 37.6 Å². The summed E-state index contributed by atoms with van der Waals surface area (Å²) in [5.41, 5.74) is 10.3. The molecule has 0 aliphatic heterocycles. The summed E-state index contributed by atoms with van der Waals surface area (Å²) >= 11 is 0. The Morgan fingerprint density at radius 3 is 2.28 bits per heavy atom. The van der Waals surface area contributed by atoms with E-state index in [1.165, 1.54) is 49.6 Å². The van der Waals surface area contributed by atoms with E-state index in [2.05, 4.69) is 114 Å². The van der Waals surface area contributed by atoms with E-state index in [1.54, 1.807) is 0 Å². The van der Waals surface area contributed by atoms with Crippen LogP contribution in [0, 0.1) is 13.8 Å². The summed E-state index contributed by atoms with van der Waals surface area (Å²) in [6, 6.07) is 21.1. The van der Waals surface area contributed by atoms with Crippen LogP contribution >= 0.6 is 0 Å². The molecule has 1 heterocycles. The Morgan fingerprint density at radius 1 is 0.844 bits per heavy atom. The van der Waals surface area contributed by atoms with E-state index < -0.39 is 8.07 Å². The van der Waals surface area contributed by atoms with Gasteiger partial charge in [-0.2, -0.15) is 4.57 Å². The van der Waals surface area contributed by atoms with Crippen LogP contribution in [0.2, 0.25) is 19.6 Å². The highest BCUT2D eigenvalue weighted by Crippen LogP contribution is 2.50. The van der Waals surface area contributed by atoms with Crippen molar-refractivity contribution in [3.8, 4) is 22.4 Å². The minimum absolute atomic E-state index is 0.0296. The van der Waals surface area contributed by atoms with Gasteiger partial charge in [-0.15, -0.1) is 0 Å². The van der Waals surface area contributed by atoms with Crippen LogP contribution in [0.5, 0.6) is 0 Å². The molecule has 0 bridgehead atoms. The highest BCUT2D eigenvalue weighted by atomic mass is 28.3. The topological polar surface area (TPSA) is 3.88 Å². The molecule has 0 atom stereocenters. The van der Waals surface area contributed by atoms with Crippen molar-refractivity contribution in [3.63, 3.8) is 0 Å². The minimum atomic E-state index is -1.47. The number of pyridine rings is 1. The van der Waals surface area contributed by atoms with Gasteiger partial charge in [0, 0.05) is 18.4 Å². The largest absolute Gasteiger partial charge is 0.220 e. The molecule has 2 heteroatoms. The van der Waals surface area contributed by atoms with Crippen molar-refractivity contribution >= 4 is 24.0 Å². The van der Waals surface area contributed by atoms with Crippen LogP contribution in [0.25, 0.3) is 33.2 Å². The first kappa shape index (κ1) is 19.9. The Balaban J connectivity index is 1.84. The molecule has 0 N–H and O–H groups in total. The number of hydrogen-bond acceptors (Lipinski definition) is 0. The second-order valence-electron chi connectivity index (χ2n) is 11.0. The summed E-state index contributed by atoms with van der Waals surface area (Å²) in [5.74, 6) is 0. The van der Waals surface area contributed by atoms with E-state index in [4.69, 9.17) is 1.37 Å². The molecule has 1 aliphatic rings. The summed E-state index contributed by atoms with van der Waals surface area (Å²) in [6.45, 7) is 16.1. The van der Waals surface area contributed by atoms with Gasteiger partial charge in [-0.05, 0) is 52.3 Å². The van der Waals surface area contributed by atoms with Crippen LogP contribution in [-0.4, -0.2) is 8.07 Å². The molecule has 3 aromatic carbocycles. The molecule has 4 aromatic rings. The zero-order chi connectivity index (χ0) is 23.9. The Kier molecular flexibility index (Phi) is 4.29. The molecule has 0 saturated carbocycles. The summed E-state index contributed by atoms with van der Waals surface area (Å²) in [5, 5.41) is 3.65. The second-order valence-corrected chi connectivity index (χ2v) is 16.1. The van der Waals surface area contributed by atoms with E-state index >= 15 is 0 Å². The number of fused-ring (bicyclic) bond motifs is 4. The van der Waals surface area contributed by atoms with Gasteiger partial charge in [0.1, 0.15) is 7.05 Å². The van der Waals surface area contributed by atoms with Crippen molar-refractivity contribution in [1.82, 2.24) is 0 Å². The monoisotopic (exact) mass is 437 g/mol. The number of aromatic nitrogens is 1. The SMILES string of the molecule is [2H]c1c(C)[n+](C)c(-c2cc3c(cc2C)-c2ccccc2C3(C)C)c2ccc([Si](C)(C)C)cc12. The lowest BCUT2D eigenvalue weighted by Gasteiger charge is -2.22. The average Bonchev–Trinajstić information content (AvgIpc) is 2.98. The predicted octanol–water partition coefficient (Wildman–Crippen LogP) is 6.80. The van der Waals surface area contributed by atoms with Crippen LogP contribution < -0.4 is 9.75 Å². The zero-order valence-corrected chi connectivity index (χ0v) is 21.6. The van der Waals surface area contributed by atoms with Crippen molar-refractivity contribution in [2.24, 2.45) is 7.05 Å². The molecule has 0 radical (unpaired) electrons. The normalized spacial score (nSPS) is 14.9. The van der Waals surface area contributed by atoms with Gasteiger partial charge in [-0.3, -0.25) is 0 Å². The average molecular weight is 438 g/mol. The number of benzene rings is 3. The van der Waals surface area contributed by atoms with Crippen molar-refractivity contribution < 1.29 is 5.94 Å². The Morgan fingerprint density at radius 2 is 1.56 bits per heavy atom. The van der Waals surface area contributed by atoms with Crippen LogP contribution in [-0.2, 0) is 12.5 Å². The highest BCUT2D eigenvalue weighted by Gasteiger charge is 2.36. The fourth-order valence-corrected chi connectivity index (χ4v) is 6.55. The molecular weight excluding hydrogens is 402 g/mol. The van der Waals surface area contributed by atoms with Crippen LogP contribution in [0.15, 0.2) is 60.6 Å². The van der Waals surface area contributed by atoms with Crippen molar-refractivity contribution in [1.29, 1.82) is 0 Å². The number of aryl methyl sites for hydroxylation is 1. The lowest BCUT2D eigenvalue weighted by molar-refractivity contribution is -0.665. The quantitative estimate of drug-likeness (QED) is 0.240. The predicted molar refractivity (Wildman–Crippen MR) is 141 cm³/mol. The van der Waals surface area contributed by atoms with Gasteiger partial charge in [-0.25, -0.2) is 0 Å². The maximum Gasteiger partial charge on any atom is 0.220 e. The van der Waals surface area contributed by atoms with Crippen molar-refractivity contribution in [3.05, 3.63) is 83.0 Å². The van der Waals surface area contributed by atoms with Gasteiger partial charge >= 0.3 is 0 Å². The van der Waals surface area contributed by atoms with Gasteiger partial charge in [0.25, 0.3) is 0 Å². The summed E-state index contributed by atoms with van der Waals surface area (Å²) in [7, 11) is 0.641. The first-order valence-electron chi connectivity index (χ1n) is 12.1. The van der Waals surface area contributed by atoms with Crippen molar-refractivity contribution in [2.75, 3.05) is 0 Å². The van der Waals surface area contributed by atoms with E-state index in [9.17, 15) is 0 Å². The van der Waals surface area contributed by atoms with Gasteiger partial charge < -0.3 is 0 Å². The van der Waals surface area contributed by atoms with Gasteiger partial charge in [0.2, 0.25) is 5.69 Å². The van der Waals surface area contributed by atoms with Gasteiger partial charge in [0.05, 0.1) is 20.4 Å². The van der Waals surface area contributed by atoms with E-state index in [0.29, 0.717) is 6.04 Å². The molecule has 1 nitrogen and oxygen atoms in total. The number of hydrogen-bond donors (Lipinski definition) is 0. The molecule has 0 unspecified atom stereocenters. The molecule has 5 rings (SSSR count). The Hall–Kier alpha value is -2.71. The first-order valence-corrected chi connectivity index (χ1v) is 15.1. The fraction of sp³-hybridized carbons (Fsp3) is 0.300. The lowest BCUT2D eigenvalue weighted by atomic mass is 9.81. The summed E-state index contributed by atoms with van der Waals surface area (Å²) in [6.07, 6.45) is 0. The molecule has 0 saturated heterocycles. The fourth-order valence-electron chi connectivity index (χ4n) is 5.38. The van der Waals surface area contributed by atoms with Crippen LogP contribution in [0.3, 0.4) is 0 Å². The molecule has 0 amide bonds. The van der Waals surface area contributed by atoms with E-state index in [-0.39, 0.29) is 5.41 Å². The number of nitrogens with zero attached hydrogens (tertiary/aromatic N) is 1. The third kappa shape index (κ3) is 3.00. The molecule has 1 aromatic heterocycles. The third-order valence-electron chi connectivity index (χ3n) is 7.48. The maximum absolute atomic E-state index is 8.91. The summed E-state index contributed by atoms with van der Waals surface area (Å²) in [4.78, 5) is 0. The van der Waals surface area contributed by atoms with Gasteiger partial charge in [-0.1, -0.05) is 81.1 Å². The zero-order valence-electron chi connectivity index (χ0n) is 21.6. The van der Waals surface area contributed by atoms with Crippen LogP contribution in [0.4, 0.5) is 0 Å². The molecule has 1 aliphatic carbocycles. The molecule has 0 fully saturated rings. The minimum Gasteiger partial charge on any atom is -0.198 e. The van der Waals surface area contributed by atoms with E-state index in [1.807, 2.05) is 0 Å². The molecule has 0 spiro atoms. The van der Waals surface area contributed by atoms with Gasteiger partial charge in [0.15, 0.2) is 5.69 Å². The molecule has 162 valence electrons. The maximum atomic E-state index is 8.91. The molecule has 32 heavy (non-hydrogen) atoms. The second kappa shape index (κ2) is 6.89. The smallest absolute Gasteiger partial charge is 0.198 e. The standard InChI is InChI=1S/C30H34NSi/c1-19-15-26-24-11-9-10-12-27(24)30(3,4)28(26)18-25(19)29-23-14-13-22(32(6,7)8)17-21(23)16-20(2)31(29)5/h9-18H,1-8H3/q+1/i16D. The first-order chi connectivity index (χ1) is 15.4.